The number of rotatable bonds is 5. The van der Waals surface area contributed by atoms with Crippen LogP contribution in [0.4, 0.5) is 0 Å². The van der Waals surface area contributed by atoms with Gasteiger partial charge in [0, 0.05) is 17.2 Å². The zero-order valence-corrected chi connectivity index (χ0v) is 14.5. The summed E-state index contributed by atoms with van der Waals surface area (Å²) in [5, 5.41) is 4.22. The molecule has 112 valence electrons. The summed E-state index contributed by atoms with van der Waals surface area (Å²) in [6, 6.07) is 3.87. The van der Waals surface area contributed by atoms with Crippen molar-refractivity contribution < 1.29 is 9.47 Å². The average Bonchev–Trinajstić information content (AvgIpc) is 2.83. The summed E-state index contributed by atoms with van der Waals surface area (Å²) in [4.78, 5) is 0. The third kappa shape index (κ3) is 3.14. The van der Waals surface area contributed by atoms with E-state index in [2.05, 4.69) is 35.1 Å². The molecule has 3 nitrogen and oxygen atoms in total. The molecule has 1 aromatic carbocycles. The molecule has 1 aliphatic rings. The van der Waals surface area contributed by atoms with Crippen LogP contribution in [0.25, 0.3) is 0 Å². The maximum absolute atomic E-state index is 6.22. The summed E-state index contributed by atoms with van der Waals surface area (Å²) < 4.78 is 12.4. The van der Waals surface area contributed by atoms with Crippen molar-refractivity contribution in [2.45, 2.75) is 38.3 Å². The average molecular weight is 363 g/mol. The molecule has 20 heavy (non-hydrogen) atoms. The molecule has 1 saturated heterocycles. The quantitative estimate of drug-likeness (QED) is 0.845. The van der Waals surface area contributed by atoms with Gasteiger partial charge in [-0.25, -0.2) is 0 Å². The van der Waals surface area contributed by atoms with Crippen LogP contribution in [0.3, 0.4) is 0 Å². The molecule has 0 spiro atoms. The van der Waals surface area contributed by atoms with Crippen LogP contribution in [-0.2, 0) is 4.74 Å². The first-order valence-electron chi connectivity index (χ1n) is 6.92. The van der Waals surface area contributed by atoms with Crippen LogP contribution in [0.5, 0.6) is 5.75 Å². The standard InChI is InChI=1S/C15H21BrClNO2/c1-4-18-14(15(2)6-5-7-20-15)11-8-10(17)9-12(16)13(11)19-3/h8-9,14,18H,4-7H2,1-3H3. The second-order valence-electron chi connectivity index (χ2n) is 5.27. The van der Waals surface area contributed by atoms with Crippen molar-refractivity contribution in [3.05, 3.63) is 27.2 Å². The van der Waals surface area contributed by atoms with E-state index in [1.807, 2.05) is 12.1 Å². The fourth-order valence-electron chi connectivity index (χ4n) is 2.90. The van der Waals surface area contributed by atoms with Crippen LogP contribution in [0.1, 0.15) is 38.3 Å². The third-order valence-corrected chi connectivity index (χ3v) is 4.63. The van der Waals surface area contributed by atoms with Gasteiger partial charge in [-0.05, 0) is 54.4 Å². The molecular formula is C15H21BrClNO2. The highest BCUT2D eigenvalue weighted by Gasteiger charge is 2.40. The van der Waals surface area contributed by atoms with Gasteiger partial charge < -0.3 is 14.8 Å². The Morgan fingerprint density at radius 2 is 2.30 bits per heavy atom. The van der Waals surface area contributed by atoms with Gasteiger partial charge in [0.05, 0.1) is 23.2 Å². The van der Waals surface area contributed by atoms with Gasteiger partial charge in [-0.3, -0.25) is 0 Å². The first-order chi connectivity index (χ1) is 9.51. The molecule has 2 rings (SSSR count). The fraction of sp³-hybridized carbons (Fsp3) is 0.600. The molecule has 0 saturated carbocycles. The summed E-state index contributed by atoms with van der Waals surface area (Å²) in [5.74, 6) is 0.817. The van der Waals surface area contributed by atoms with Gasteiger partial charge in [-0.15, -0.1) is 0 Å². The third-order valence-electron chi connectivity index (χ3n) is 3.82. The molecule has 2 atom stereocenters. The van der Waals surface area contributed by atoms with Gasteiger partial charge in [0.25, 0.3) is 0 Å². The molecule has 2 unspecified atom stereocenters. The van der Waals surface area contributed by atoms with Gasteiger partial charge >= 0.3 is 0 Å². The summed E-state index contributed by atoms with van der Waals surface area (Å²) in [6.07, 6.45) is 2.11. The van der Waals surface area contributed by atoms with Gasteiger partial charge in [0.1, 0.15) is 5.75 Å². The SMILES string of the molecule is CCNC(c1cc(Cl)cc(Br)c1OC)C1(C)CCCO1. The van der Waals surface area contributed by atoms with Crippen LogP contribution in [0.2, 0.25) is 5.02 Å². The highest BCUT2D eigenvalue weighted by Crippen LogP contribution is 2.44. The summed E-state index contributed by atoms with van der Waals surface area (Å²) >= 11 is 9.75. The maximum Gasteiger partial charge on any atom is 0.138 e. The van der Waals surface area contributed by atoms with Crippen LogP contribution in [0.15, 0.2) is 16.6 Å². The molecule has 0 aromatic heterocycles. The maximum atomic E-state index is 6.22. The number of likely N-dealkylation sites (N-methyl/N-ethyl adjacent to an activating group) is 1. The number of hydrogen-bond acceptors (Lipinski definition) is 3. The van der Waals surface area contributed by atoms with Crippen LogP contribution in [0, 0.1) is 0 Å². The Morgan fingerprint density at radius 3 is 2.85 bits per heavy atom. The van der Waals surface area contributed by atoms with Crippen molar-refractivity contribution in [2.75, 3.05) is 20.3 Å². The Kier molecular flexibility index (Phi) is 5.35. The lowest BCUT2D eigenvalue weighted by Crippen LogP contribution is -2.41. The minimum Gasteiger partial charge on any atom is -0.495 e. The van der Waals surface area contributed by atoms with Gasteiger partial charge in [0.15, 0.2) is 0 Å². The molecule has 0 amide bonds. The smallest absolute Gasteiger partial charge is 0.138 e. The molecule has 1 N–H and O–H groups in total. The van der Waals surface area contributed by atoms with Crippen molar-refractivity contribution in [3.63, 3.8) is 0 Å². The normalized spacial score (nSPS) is 23.9. The van der Waals surface area contributed by atoms with E-state index in [4.69, 9.17) is 21.1 Å². The topological polar surface area (TPSA) is 30.5 Å². The predicted octanol–water partition coefficient (Wildman–Crippen LogP) is 4.33. The van der Waals surface area contributed by atoms with Crippen LogP contribution in [-0.4, -0.2) is 25.9 Å². The Morgan fingerprint density at radius 1 is 1.55 bits per heavy atom. The van der Waals surface area contributed by atoms with E-state index in [-0.39, 0.29) is 11.6 Å². The lowest BCUT2D eigenvalue weighted by atomic mass is 9.87. The first-order valence-corrected chi connectivity index (χ1v) is 8.09. The number of ether oxygens (including phenoxy) is 2. The van der Waals surface area contributed by atoms with E-state index in [1.165, 1.54) is 0 Å². The number of nitrogens with one attached hydrogen (secondary N) is 1. The van der Waals surface area contributed by atoms with E-state index < -0.39 is 0 Å². The van der Waals surface area contributed by atoms with E-state index in [1.54, 1.807) is 7.11 Å². The van der Waals surface area contributed by atoms with Crippen LogP contribution < -0.4 is 10.1 Å². The molecule has 0 aliphatic carbocycles. The zero-order valence-electron chi connectivity index (χ0n) is 12.1. The van der Waals surface area contributed by atoms with E-state index >= 15 is 0 Å². The number of benzene rings is 1. The van der Waals surface area contributed by atoms with Gasteiger partial charge in [-0.1, -0.05) is 18.5 Å². The Hall–Kier alpha value is -0.290. The van der Waals surface area contributed by atoms with E-state index in [9.17, 15) is 0 Å². The van der Waals surface area contributed by atoms with E-state index in [0.717, 1.165) is 41.8 Å². The van der Waals surface area contributed by atoms with Crippen molar-refractivity contribution in [2.24, 2.45) is 0 Å². The summed E-state index contributed by atoms with van der Waals surface area (Å²) in [6.45, 7) is 5.91. The largest absolute Gasteiger partial charge is 0.495 e. The van der Waals surface area contributed by atoms with Crippen molar-refractivity contribution in [3.8, 4) is 5.75 Å². The second-order valence-corrected chi connectivity index (χ2v) is 6.56. The summed E-state index contributed by atoms with van der Waals surface area (Å²) in [7, 11) is 1.68. The zero-order chi connectivity index (χ0) is 14.8. The monoisotopic (exact) mass is 361 g/mol. The molecular weight excluding hydrogens is 342 g/mol. The highest BCUT2D eigenvalue weighted by molar-refractivity contribution is 9.10. The number of halogens is 2. The molecule has 1 aromatic rings. The molecule has 1 heterocycles. The molecule has 1 aliphatic heterocycles. The predicted molar refractivity (Wildman–Crippen MR) is 85.7 cm³/mol. The Labute approximate surface area is 134 Å². The number of hydrogen-bond donors (Lipinski definition) is 1. The molecule has 1 fully saturated rings. The second kappa shape index (κ2) is 6.65. The number of methoxy groups -OCH3 is 1. The van der Waals surface area contributed by atoms with Crippen molar-refractivity contribution >= 4 is 27.5 Å². The molecule has 0 radical (unpaired) electrons. The Balaban J connectivity index is 2.48. The van der Waals surface area contributed by atoms with Crippen LogP contribution >= 0.6 is 27.5 Å². The fourth-order valence-corrected chi connectivity index (χ4v) is 3.89. The van der Waals surface area contributed by atoms with Crippen molar-refractivity contribution in [1.82, 2.24) is 5.32 Å². The minimum absolute atomic E-state index is 0.0555. The lowest BCUT2D eigenvalue weighted by molar-refractivity contribution is -0.0126. The first kappa shape index (κ1) is 16.1. The Bertz CT molecular complexity index is 475. The summed E-state index contributed by atoms with van der Waals surface area (Å²) in [5.41, 5.74) is 0.811. The van der Waals surface area contributed by atoms with Crippen molar-refractivity contribution in [1.29, 1.82) is 0 Å². The lowest BCUT2D eigenvalue weighted by Gasteiger charge is -2.35. The molecule has 0 bridgehead atoms. The molecule has 5 heteroatoms. The highest BCUT2D eigenvalue weighted by atomic mass is 79.9. The van der Waals surface area contributed by atoms with Gasteiger partial charge in [-0.2, -0.15) is 0 Å². The van der Waals surface area contributed by atoms with E-state index in [0.29, 0.717) is 5.02 Å². The van der Waals surface area contributed by atoms with Gasteiger partial charge in [0.2, 0.25) is 0 Å². The minimum atomic E-state index is -0.229.